The molecule has 1 unspecified atom stereocenters. The van der Waals surface area contributed by atoms with Crippen molar-refractivity contribution in [2.75, 3.05) is 31.1 Å². The van der Waals surface area contributed by atoms with Crippen molar-refractivity contribution in [2.45, 2.75) is 0 Å². The van der Waals surface area contributed by atoms with Crippen molar-refractivity contribution in [1.82, 2.24) is 14.9 Å². The van der Waals surface area contributed by atoms with Crippen LogP contribution in [0.15, 0.2) is 48.8 Å². The lowest BCUT2D eigenvalue weighted by Crippen LogP contribution is -2.49. The Hall–Kier alpha value is -2.43. The van der Waals surface area contributed by atoms with Crippen LogP contribution in [0.2, 0.25) is 0 Å². The van der Waals surface area contributed by atoms with Crippen LogP contribution in [0.1, 0.15) is 11.7 Å². The molecule has 20 heavy (non-hydrogen) atoms. The summed E-state index contributed by atoms with van der Waals surface area (Å²) in [7, 11) is 0. The lowest BCUT2D eigenvalue weighted by molar-refractivity contribution is 0.0746. The molecular weight excluding hydrogens is 252 g/mol. The molecule has 0 aliphatic carbocycles. The van der Waals surface area contributed by atoms with Crippen molar-refractivity contribution in [1.29, 1.82) is 0 Å². The molecule has 0 radical (unpaired) electrons. The van der Waals surface area contributed by atoms with Crippen LogP contribution in [0.4, 0.5) is 5.95 Å². The second-order valence-corrected chi connectivity index (χ2v) is 4.54. The van der Waals surface area contributed by atoms with E-state index >= 15 is 0 Å². The molecule has 102 valence electrons. The largest absolute Gasteiger partial charge is 0.337 e. The lowest BCUT2D eigenvalue weighted by Gasteiger charge is -2.34. The summed E-state index contributed by atoms with van der Waals surface area (Å²) in [5, 5.41) is 0. The zero-order valence-corrected chi connectivity index (χ0v) is 11.0. The molecule has 1 saturated heterocycles. The summed E-state index contributed by atoms with van der Waals surface area (Å²) in [5.74, 6) is 0.519. The molecule has 0 bridgehead atoms. The van der Waals surface area contributed by atoms with Crippen LogP contribution in [0, 0.1) is 0 Å². The fourth-order valence-electron chi connectivity index (χ4n) is 2.18. The fraction of sp³-hybridized carbons (Fsp3) is 0.267. The third kappa shape index (κ3) is 2.61. The van der Waals surface area contributed by atoms with Gasteiger partial charge in [-0.1, -0.05) is 18.2 Å². The zero-order chi connectivity index (χ0) is 14.7. The van der Waals surface area contributed by atoms with Crippen LogP contribution in [0.3, 0.4) is 0 Å². The molecule has 1 amide bonds. The van der Waals surface area contributed by atoms with E-state index in [1.54, 1.807) is 35.5 Å². The van der Waals surface area contributed by atoms with E-state index in [1.807, 2.05) is 23.1 Å². The first-order chi connectivity index (χ1) is 10.3. The van der Waals surface area contributed by atoms with Gasteiger partial charge in [0.2, 0.25) is 5.95 Å². The Labute approximate surface area is 119 Å². The van der Waals surface area contributed by atoms with E-state index in [-0.39, 0.29) is 5.91 Å². The number of carbonyl (C=O) groups excluding carboxylic acids is 1. The minimum atomic E-state index is -0.615. The van der Waals surface area contributed by atoms with Gasteiger partial charge in [0.15, 0.2) is 0 Å². The monoisotopic (exact) mass is 269 g/mol. The quantitative estimate of drug-likeness (QED) is 0.827. The molecule has 5 heteroatoms. The number of nitrogens with zero attached hydrogens (tertiary/aromatic N) is 4. The van der Waals surface area contributed by atoms with Gasteiger partial charge in [-0.2, -0.15) is 0 Å². The molecule has 2 aromatic rings. The topological polar surface area (TPSA) is 49.3 Å². The van der Waals surface area contributed by atoms with Gasteiger partial charge in [-0.25, -0.2) is 9.97 Å². The smallest absolute Gasteiger partial charge is 0.253 e. The number of rotatable bonds is 2. The summed E-state index contributed by atoms with van der Waals surface area (Å²) in [5.41, 5.74) is 0.624. The number of aromatic nitrogens is 2. The summed E-state index contributed by atoms with van der Waals surface area (Å²) < 4.78 is 8.20. The van der Waals surface area contributed by atoms with Crippen molar-refractivity contribution in [3.05, 3.63) is 54.4 Å². The normalized spacial score (nSPS) is 19.6. The summed E-state index contributed by atoms with van der Waals surface area (Å²) in [6.07, 6.45) is 3.37. The maximum absolute atomic E-state index is 12.4. The minimum absolute atomic E-state index is 0.0933. The van der Waals surface area contributed by atoms with Crippen molar-refractivity contribution in [3.63, 3.8) is 0 Å². The Morgan fingerprint density at radius 3 is 2.50 bits per heavy atom. The fourth-order valence-corrected chi connectivity index (χ4v) is 2.18. The van der Waals surface area contributed by atoms with Gasteiger partial charge in [0.25, 0.3) is 5.91 Å². The number of hydrogen-bond acceptors (Lipinski definition) is 4. The SMILES string of the molecule is [2H]C1CN(c2ncccn2)CCN1C(=O)c1ccccc1. The highest BCUT2D eigenvalue weighted by Gasteiger charge is 2.22. The molecule has 0 spiro atoms. The van der Waals surface area contributed by atoms with Gasteiger partial charge in [0.05, 0.1) is 1.37 Å². The van der Waals surface area contributed by atoms with Gasteiger partial charge < -0.3 is 9.80 Å². The molecule has 1 aliphatic rings. The van der Waals surface area contributed by atoms with Gasteiger partial charge in [0, 0.05) is 44.1 Å². The second-order valence-electron chi connectivity index (χ2n) is 4.54. The van der Waals surface area contributed by atoms with Crippen LogP contribution in [-0.2, 0) is 0 Å². The number of carbonyl (C=O) groups is 1. The van der Waals surface area contributed by atoms with E-state index in [4.69, 9.17) is 1.37 Å². The average Bonchev–Trinajstić information content (AvgIpc) is 2.56. The highest BCUT2D eigenvalue weighted by molar-refractivity contribution is 5.94. The number of amides is 1. The minimum Gasteiger partial charge on any atom is -0.337 e. The molecule has 2 heterocycles. The van der Waals surface area contributed by atoms with Crippen molar-refractivity contribution in [3.8, 4) is 0 Å². The van der Waals surface area contributed by atoms with E-state index in [1.165, 1.54) is 0 Å². The van der Waals surface area contributed by atoms with E-state index in [9.17, 15) is 4.79 Å². The number of anilines is 1. The molecule has 1 fully saturated rings. The molecule has 3 rings (SSSR count). The molecule has 1 aromatic heterocycles. The maximum Gasteiger partial charge on any atom is 0.253 e. The third-order valence-corrected chi connectivity index (χ3v) is 3.25. The summed E-state index contributed by atoms with van der Waals surface area (Å²) in [6, 6.07) is 10.9. The standard InChI is InChI=1S/C15H16N4O/c20-14(13-5-2-1-3-6-13)18-9-11-19(12-10-18)15-16-7-4-8-17-15/h1-8H,9-12H2/i9D. The molecule has 5 nitrogen and oxygen atoms in total. The first-order valence-electron chi connectivity index (χ1n) is 7.13. The van der Waals surface area contributed by atoms with E-state index < -0.39 is 6.52 Å². The average molecular weight is 269 g/mol. The van der Waals surface area contributed by atoms with Crippen LogP contribution in [-0.4, -0.2) is 46.9 Å². The predicted molar refractivity (Wildman–Crippen MR) is 76.6 cm³/mol. The van der Waals surface area contributed by atoms with Crippen LogP contribution >= 0.6 is 0 Å². The van der Waals surface area contributed by atoms with Crippen LogP contribution in [0.5, 0.6) is 0 Å². The maximum atomic E-state index is 12.4. The van der Waals surface area contributed by atoms with Gasteiger partial charge in [0.1, 0.15) is 0 Å². The van der Waals surface area contributed by atoms with Crippen molar-refractivity contribution >= 4 is 11.9 Å². The number of benzene rings is 1. The van der Waals surface area contributed by atoms with Gasteiger partial charge in [-0.05, 0) is 18.2 Å². The summed E-state index contributed by atoms with van der Waals surface area (Å²) >= 11 is 0. The van der Waals surface area contributed by atoms with Crippen LogP contribution < -0.4 is 4.90 Å². The first kappa shape index (κ1) is 11.4. The van der Waals surface area contributed by atoms with Crippen LogP contribution in [0.25, 0.3) is 0 Å². The summed E-state index contributed by atoms with van der Waals surface area (Å²) in [6.45, 7) is 0.941. The Bertz CT molecular complexity index is 608. The highest BCUT2D eigenvalue weighted by Crippen LogP contribution is 2.12. The van der Waals surface area contributed by atoms with E-state index in [0.717, 1.165) is 0 Å². The Morgan fingerprint density at radius 2 is 1.80 bits per heavy atom. The molecule has 1 aromatic carbocycles. The highest BCUT2D eigenvalue weighted by atomic mass is 16.2. The van der Waals surface area contributed by atoms with Crippen molar-refractivity contribution in [2.24, 2.45) is 0 Å². The number of piperazine rings is 1. The second kappa shape index (κ2) is 5.69. The molecule has 0 saturated carbocycles. The van der Waals surface area contributed by atoms with Crippen molar-refractivity contribution < 1.29 is 6.17 Å². The van der Waals surface area contributed by atoms with Gasteiger partial charge in [-0.15, -0.1) is 0 Å². The molecule has 0 N–H and O–H groups in total. The Kier molecular flexibility index (Phi) is 3.24. The summed E-state index contributed by atoms with van der Waals surface area (Å²) in [4.78, 5) is 24.3. The molecule has 1 atom stereocenters. The first-order valence-corrected chi connectivity index (χ1v) is 6.56. The van der Waals surface area contributed by atoms with E-state index in [0.29, 0.717) is 31.1 Å². The molecular formula is C15H16N4O. The van der Waals surface area contributed by atoms with E-state index in [2.05, 4.69) is 9.97 Å². The molecule has 1 aliphatic heterocycles. The van der Waals surface area contributed by atoms with Gasteiger partial charge >= 0.3 is 0 Å². The lowest BCUT2D eigenvalue weighted by atomic mass is 10.2. The number of hydrogen-bond donors (Lipinski definition) is 0. The Balaban J connectivity index is 1.70. The van der Waals surface area contributed by atoms with Gasteiger partial charge in [-0.3, -0.25) is 4.79 Å². The zero-order valence-electron chi connectivity index (χ0n) is 12.0. The third-order valence-electron chi connectivity index (χ3n) is 3.25. The predicted octanol–water partition coefficient (Wildman–Crippen LogP) is 1.44. The Morgan fingerprint density at radius 1 is 1.05 bits per heavy atom.